The van der Waals surface area contributed by atoms with Gasteiger partial charge in [-0.15, -0.1) is 5.10 Å². The lowest BCUT2D eigenvalue weighted by Crippen LogP contribution is -2.07. The Kier molecular flexibility index (Phi) is 4.22. The van der Waals surface area contributed by atoms with Gasteiger partial charge in [0, 0.05) is 17.1 Å². The quantitative estimate of drug-likeness (QED) is 0.943. The second-order valence-electron chi connectivity index (χ2n) is 3.57. The smallest absolute Gasteiger partial charge is 0.239 e. The van der Waals surface area contributed by atoms with Gasteiger partial charge in [-0.25, -0.2) is 4.39 Å². The minimum Gasteiger partial charge on any atom is -0.434 e. The van der Waals surface area contributed by atoms with E-state index in [2.05, 4.69) is 31.4 Å². The monoisotopic (exact) mass is 311 g/mol. The molecule has 4 nitrogen and oxygen atoms in total. The highest BCUT2D eigenvalue weighted by Gasteiger charge is 2.06. The van der Waals surface area contributed by atoms with Crippen LogP contribution in [0.4, 0.5) is 4.39 Å². The highest BCUT2D eigenvalue weighted by molar-refractivity contribution is 9.10. The molecular weight excluding hydrogens is 301 g/mol. The van der Waals surface area contributed by atoms with Crippen molar-refractivity contribution in [2.45, 2.75) is 6.54 Å². The SMILES string of the molecule is CNCc1ccc(Oc2ccc(Br)cc2F)nn1. The lowest BCUT2D eigenvalue weighted by molar-refractivity contribution is 0.420. The van der Waals surface area contributed by atoms with E-state index >= 15 is 0 Å². The fourth-order valence-corrected chi connectivity index (χ4v) is 1.68. The van der Waals surface area contributed by atoms with Crippen molar-refractivity contribution in [2.75, 3.05) is 7.05 Å². The van der Waals surface area contributed by atoms with Crippen molar-refractivity contribution in [1.29, 1.82) is 0 Å². The predicted molar refractivity (Wildman–Crippen MR) is 69.0 cm³/mol. The number of hydrogen-bond acceptors (Lipinski definition) is 4. The summed E-state index contributed by atoms with van der Waals surface area (Å²) in [4.78, 5) is 0. The van der Waals surface area contributed by atoms with Crippen LogP contribution in [0.3, 0.4) is 0 Å². The number of rotatable bonds is 4. The molecule has 0 spiro atoms. The first-order valence-corrected chi connectivity index (χ1v) is 6.08. The van der Waals surface area contributed by atoms with E-state index in [-0.39, 0.29) is 11.6 Å². The maximum absolute atomic E-state index is 13.5. The van der Waals surface area contributed by atoms with E-state index in [1.165, 1.54) is 12.1 Å². The Labute approximate surface area is 112 Å². The van der Waals surface area contributed by atoms with E-state index in [0.29, 0.717) is 11.0 Å². The molecule has 1 heterocycles. The third-order valence-corrected chi connectivity index (χ3v) is 2.65. The van der Waals surface area contributed by atoms with Gasteiger partial charge in [-0.2, -0.15) is 5.10 Å². The Hall–Kier alpha value is -1.53. The zero-order chi connectivity index (χ0) is 13.0. The molecule has 1 aromatic heterocycles. The van der Waals surface area contributed by atoms with Gasteiger partial charge >= 0.3 is 0 Å². The summed E-state index contributed by atoms with van der Waals surface area (Å²) >= 11 is 3.18. The molecule has 0 aliphatic heterocycles. The topological polar surface area (TPSA) is 47.0 Å². The van der Waals surface area contributed by atoms with Crippen LogP contribution >= 0.6 is 15.9 Å². The minimum atomic E-state index is -0.453. The second kappa shape index (κ2) is 5.88. The molecule has 94 valence electrons. The maximum atomic E-state index is 13.5. The molecular formula is C12H11BrFN3O. The van der Waals surface area contributed by atoms with Crippen LogP contribution in [-0.4, -0.2) is 17.2 Å². The van der Waals surface area contributed by atoms with Crippen molar-refractivity contribution >= 4 is 15.9 Å². The van der Waals surface area contributed by atoms with E-state index in [1.807, 2.05) is 7.05 Å². The molecule has 0 atom stereocenters. The Morgan fingerprint density at radius 3 is 2.72 bits per heavy atom. The van der Waals surface area contributed by atoms with Crippen LogP contribution in [0.15, 0.2) is 34.8 Å². The average molecular weight is 312 g/mol. The summed E-state index contributed by atoms with van der Waals surface area (Å²) < 4.78 is 19.5. The molecule has 0 saturated carbocycles. The molecule has 18 heavy (non-hydrogen) atoms. The van der Waals surface area contributed by atoms with Crippen molar-refractivity contribution in [1.82, 2.24) is 15.5 Å². The van der Waals surface area contributed by atoms with E-state index in [0.717, 1.165) is 5.69 Å². The fourth-order valence-electron chi connectivity index (χ4n) is 1.35. The van der Waals surface area contributed by atoms with Gasteiger partial charge in [0.15, 0.2) is 11.6 Å². The molecule has 0 radical (unpaired) electrons. The maximum Gasteiger partial charge on any atom is 0.239 e. The molecule has 0 saturated heterocycles. The molecule has 0 unspecified atom stereocenters. The van der Waals surface area contributed by atoms with E-state index in [9.17, 15) is 4.39 Å². The van der Waals surface area contributed by atoms with Gasteiger partial charge in [-0.3, -0.25) is 0 Å². The van der Waals surface area contributed by atoms with Gasteiger partial charge in [0.1, 0.15) is 0 Å². The number of ether oxygens (including phenoxy) is 1. The van der Waals surface area contributed by atoms with Gasteiger partial charge in [-0.1, -0.05) is 15.9 Å². The number of aromatic nitrogens is 2. The highest BCUT2D eigenvalue weighted by atomic mass is 79.9. The molecule has 0 aliphatic rings. The van der Waals surface area contributed by atoms with E-state index < -0.39 is 5.82 Å². The number of hydrogen-bond donors (Lipinski definition) is 1. The lowest BCUT2D eigenvalue weighted by atomic mass is 10.3. The van der Waals surface area contributed by atoms with Crippen molar-refractivity contribution in [3.63, 3.8) is 0 Å². The summed E-state index contributed by atoms with van der Waals surface area (Å²) in [5.74, 6) is -0.0737. The Bertz CT molecular complexity index is 533. The zero-order valence-corrected chi connectivity index (χ0v) is 11.2. The number of nitrogens with zero attached hydrogens (tertiary/aromatic N) is 2. The Morgan fingerprint density at radius 1 is 1.28 bits per heavy atom. The number of nitrogens with one attached hydrogen (secondary N) is 1. The summed E-state index contributed by atoms with van der Waals surface area (Å²) in [6.07, 6.45) is 0. The van der Waals surface area contributed by atoms with Crippen molar-refractivity contribution < 1.29 is 9.13 Å². The zero-order valence-electron chi connectivity index (χ0n) is 9.65. The van der Waals surface area contributed by atoms with Crippen LogP contribution in [0.1, 0.15) is 5.69 Å². The van der Waals surface area contributed by atoms with Crippen LogP contribution < -0.4 is 10.1 Å². The second-order valence-corrected chi connectivity index (χ2v) is 4.49. The predicted octanol–water partition coefficient (Wildman–Crippen LogP) is 2.89. The lowest BCUT2D eigenvalue weighted by Gasteiger charge is -2.06. The summed E-state index contributed by atoms with van der Waals surface area (Å²) in [5, 5.41) is 10.8. The third-order valence-electron chi connectivity index (χ3n) is 2.16. The Morgan fingerprint density at radius 2 is 2.11 bits per heavy atom. The van der Waals surface area contributed by atoms with Crippen LogP contribution in [0.5, 0.6) is 11.6 Å². The first-order chi connectivity index (χ1) is 8.69. The van der Waals surface area contributed by atoms with E-state index in [1.54, 1.807) is 18.2 Å². The normalized spacial score (nSPS) is 10.4. The number of halogens is 2. The van der Waals surface area contributed by atoms with Gasteiger partial charge in [0.25, 0.3) is 0 Å². The highest BCUT2D eigenvalue weighted by Crippen LogP contribution is 2.25. The number of benzene rings is 1. The standard InChI is InChI=1S/C12H11BrFN3O/c1-15-7-9-3-5-12(17-16-9)18-11-4-2-8(13)6-10(11)14/h2-6,15H,7H2,1H3. The van der Waals surface area contributed by atoms with Crippen LogP contribution in [0, 0.1) is 5.82 Å². The van der Waals surface area contributed by atoms with Gasteiger partial charge in [0.2, 0.25) is 5.88 Å². The van der Waals surface area contributed by atoms with Crippen molar-refractivity contribution in [3.05, 3.63) is 46.3 Å². The van der Waals surface area contributed by atoms with Crippen LogP contribution in [0.25, 0.3) is 0 Å². The van der Waals surface area contributed by atoms with Gasteiger partial charge < -0.3 is 10.1 Å². The summed E-state index contributed by atoms with van der Waals surface area (Å²) in [6.45, 7) is 0.625. The average Bonchev–Trinajstić information content (AvgIpc) is 2.35. The molecule has 6 heteroatoms. The molecule has 0 amide bonds. The summed E-state index contributed by atoms with van der Waals surface area (Å²) in [5.41, 5.74) is 0.793. The molecule has 0 fully saturated rings. The molecule has 0 aliphatic carbocycles. The molecule has 2 rings (SSSR count). The summed E-state index contributed by atoms with van der Waals surface area (Å²) in [6, 6.07) is 7.98. The van der Waals surface area contributed by atoms with Crippen LogP contribution in [0.2, 0.25) is 0 Å². The molecule has 1 N–H and O–H groups in total. The molecule has 2 aromatic rings. The van der Waals surface area contributed by atoms with Gasteiger partial charge in [-0.05, 0) is 31.3 Å². The molecule has 0 bridgehead atoms. The van der Waals surface area contributed by atoms with Gasteiger partial charge in [0.05, 0.1) is 5.69 Å². The van der Waals surface area contributed by atoms with Crippen molar-refractivity contribution in [3.8, 4) is 11.6 Å². The first kappa shape index (κ1) is 12.9. The largest absolute Gasteiger partial charge is 0.434 e. The Balaban J connectivity index is 2.13. The third kappa shape index (κ3) is 3.24. The van der Waals surface area contributed by atoms with Crippen LogP contribution in [-0.2, 0) is 6.54 Å². The summed E-state index contributed by atoms with van der Waals surface area (Å²) in [7, 11) is 1.82. The first-order valence-electron chi connectivity index (χ1n) is 5.29. The molecule has 1 aromatic carbocycles. The van der Waals surface area contributed by atoms with Crippen molar-refractivity contribution in [2.24, 2.45) is 0 Å². The minimum absolute atomic E-state index is 0.119. The van der Waals surface area contributed by atoms with E-state index in [4.69, 9.17) is 4.74 Å². The fraction of sp³-hybridized carbons (Fsp3) is 0.167.